The van der Waals surface area contributed by atoms with Crippen molar-refractivity contribution in [1.29, 1.82) is 0 Å². The molecule has 1 aromatic carbocycles. The molecule has 4 nitrogen and oxygen atoms in total. The molecule has 0 aliphatic rings. The third kappa shape index (κ3) is 4.36. The smallest absolute Gasteiger partial charge is 0.313 e. The Morgan fingerprint density at radius 1 is 1.38 bits per heavy atom. The van der Waals surface area contributed by atoms with Crippen molar-refractivity contribution in [3.63, 3.8) is 0 Å². The van der Waals surface area contributed by atoms with Crippen LogP contribution in [0.3, 0.4) is 0 Å². The molecule has 0 saturated heterocycles. The number of aliphatic carboxylic acids is 1. The molecule has 0 atom stereocenters. The summed E-state index contributed by atoms with van der Waals surface area (Å²) in [5.74, 6) is -0.260. The zero-order valence-electron chi connectivity index (χ0n) is 12.5. The molecular weight excluding hydrogens is 284 g/mol. The predicted molar refractivity (Wildman–Crippen MR) is 85.2 cm³/mol. The molecule has 1 N–H and O–H groups in total. The summed E-state index contributed by atoms with van der Waals surface area (Å²) in [7, 11) is 0. The van der Waals surface area contributed by atoms with Gasteiger partial charge in [-0.3, -0.25) is 4.79 Å². The highest BCUT2D eigenvalue weighted by molar-refractivity contribution is 7.99. The number of nitrogens with zero attached hydrogens (tertiary/aromatic N) is 2. The van der Waals surface area contributed by atoms with Gasteiger partial charge >= 0.3 is 5.97 Å². The van der Waals surface area contributed by atoms with Crippen molar-refractivity contribution in [2.45, 2.75) is 32.2 Å². The van der Waals surface area contributed by atoms with Crippen LogP contribution in [0.2, 0.25) is 0 Å². The van der Waals surface area contributed by atoms with Crippen LogP contribution in [0.25, 0.3) is 5.69 Å². The lowest BCUT2D eigenvalue weighted by molar-refractivity contribution is -0.133. The molecule has 112 valence electrons. The van der Waals surface area contributed by atoms with Crippen LogP contribution in [0.1, 0.15) is 25.1 Å². The minimum absolute atomic E-state index is 0.0403. The van der Waals surface area contributed by atoms with Gasteiger partial charge in [-0.25, -0.2) is 4.68 Å². The maximum absolute atomic E-state index is 10.8. The Kier molecular flexibility index (Phi) is 5.07. The lowest BCUT2D eigenvalue weighted by Crippen LogP contribution is -2.03. The number of thioether (sulfide) groups is 1. The molecular formula is C16H20N2O2S. The molecule has 1 heterocycles. The minimum atomic E-state index is -0.817. The number of rotatable bonds is 6. The van der Waals surface area contributed by atoms with Crippen LogP contribution in [0.4, 0.5) is 0 Å². The molecule has 0 bridgehead atoms. The van der Waals surface area contributed by atoms with Gasteiger partial charge in [0.2, 0.25) is 0 Å². The maximum atomic E-state index is 10.8. The standard InChI is InChI=1S/C16H20N2O2S/c1-11(2)7-13-9-15(21-10-16(19)20)18(17-13)14-6-4-5-12(3)8-14/h4-6,8-9,11H,7,10H2,1-3H3,(H,19,20). The number of aromatic nitrogens is 2. The predicted octanol–water partition coefficient (Wildman–Crippen LogP) is 3.56. The lowest BCUT2D eigenvalue weighted by atomic mass is 10.1. The average Bonchev–Trinajstić information content (AvgIpc) is 2.78. The molecule has 0 spiro atoms. The molecule has 2 rings (SSSR count). The topological polar surface area (TPSA) is 55.1 Å². The zero-order valence-corrected chi connectivity index (χ0v) is 13.4. The van der Waals surface area contributed by atoms with Crippen molar-refractivity contribution in [2.24, 2.45) is 5.92 Å². The van der Waals surface area contributed by atoms with Crippen molar-refractivity contribution in [3.8, 4) is 5.69 Å². The number of aryl methyl sites for hydroxylation is 1. The number of hydrogen-bond acceptors (Lipinski definition) is 3. The van der Waals surface area contributed by atoms with Crippen LogP contribution in [-0.2, 0) is 11.2 Å². The number of carboxylic acids is 1. The number of hydrogen-bond donors (Lipinski definition) is 1. The third-order valence-electron chi connectivity index (χ3n) is 2.93. The Morgan fingerprint density at radius 3 is 2.76 bits per heavy atom. The molecule has 0 radical (unpaired) electrons. The highest BCUT2D eigenvalue weighted by Crippen LogP contribution is 2.24. The van der Waals surface area contributed by atoms with E-state index in [4.69, 9.17) is 5.11 Å². The Bertz CT molecular complexity index is 635. The molecule has 5 heteroatoms. The van der Waals surface area contributed by atoms with Crippen LogP contribution < -0.4 is 0 Å². The van der Waals surface area contributed by atoms with E-state index in [9.17, 15) is 4.79 Å². The fourth-order valence-electron chi connectivity index (χ4n) is 2.11. The molecule has 21 heavy (non-hydrogen) atoms. The highest BCUT2D eigenvalue weighted by Gasteiger charge is 2.13. The Hall–Kier alpha value is -1.75. The van der Waals surface area contributed by atoms with Crippen LogP contribution in [0.15, 0.2) is 35.4 Å². The monoisotopic (exact) mass is 304 g/mol. The summed E-state index contributed by atoms with van der Waals surface area (Å²) in [6.45, 7) is 6.33. The fourth-order valence-corrected chi connectivity index (χ4v) is 2.87. The SMILES string of the molecule is Cc1cccc(-n2nc(CC(C)C)cc2SCC(=O)O)c1. The van der Waals surface area contributed by atoms with Gasteiger partial charge in [-0.15, -0.1) is 0 Å². The third-order valence-corrected chi connectivity index (χ3v) is 3.91. The van der Waals surface area contributed by atoms with Crippen molar-refractivity contribution in [2.75, 3.05) is 5.75 Å². The van der Waals surface area contributed by atoms with E-state index in [1.54, 1.807) is 0 Å². The summed E-state index contributed by atoms with van der Waals surface area (Å²) in [5.41, 5.74) is 3.12. The van der Waals surface area contributed by atoms with Gasteiger partial charge in [0.25, 0.3) is 0 Å². The van der Waals surface area contributed by atoms with E-state index >= 15 is 0 Å². The normalized spacial score (nSPS) is 11.0. The quantitative estimate of drug-likeness (QED) is 0.829. The second-order valence-corrected chi connectivity index (χ2v) is 6.50. The molecule has 0 fully saturated rings. The van der Waals surface area contributed by atoms with Gasteiger partial charge in [-0.05, 0) is 43.0 Å². The Balaban J connectivity index is 2.36. The average molecular weight is 304 g/mol. The van der Waals surface area contributed by atoms with Gasteiger partial charge in [-0.2, -0.15) is 5.10 Å². The molecule has 0 amide bonds. The first-order valence-corrected chi connectivity index (χ1v) is 7.95. The first kappa shape index (κ1) is 15.6. The van der Waals surface area contributed by atoms with Gasteiger partial charge in [0.1, 0.15) is 5.03 Å². The van der Waals surface area contributed by atoms with E-state index in [2.05, 4.69) is 25.0 Å². The molecule has 0 aliphatic carbocycles. The zero-order chi connectivity index (χ0) is 15.4. The first-order valence-electron chi connectivity index (χ1n) is 6.96. The number of carbonyl (C=O) groups is 1. The van der Waals surface area contributed by atoms with Gasteiger partial charge in [0.05, 0.1) is 17.1 Å². The summed E-state index contributed by atoms with van der Waals surface area (Å²) in [5, 5.41) is 14.4. The van der Waals surface area contributed by atoms with Crippen LogP contribution >= 0.6 is 11.8 Å². The summed E-state index contributed by atoms with van der Waals surface area (Å²) in [6.07, 6.45) is 0.888. The van der Waals surface area contributed by atoms with Crippen LogP contribution in [0, 0.1) is 12.8 Å². The van der Waals surface area contributed by atoms with Gasteiger partial charge in [-0.1, -0.05) is 37.7 Å². The van der Waals surface area contributed by atoms with Gasteiger partial charge in [0, 0.05) is 0 Å². The van der Waals surface area contributed by atoms with E-state index in [0.29, 0.717) is 5.92 Å². The summed E-state index contributed by atoms with van der Waals surface area (Å²) in [4.78, 5) is 10.8. The highest BCUT2D eigenvalue weighted by atomic mass is 32.2. The van der Waals surface area contributed by atoms with Crippen LogP contribution in [0.5, 0.6) is 0 Å². The fraction of sp³-hybridized carbons (Fsp3) is 0.375. The van der Waals surface area contributed by atoms with Crippen molar-refractivity contribution in [3.05, 3.63) is 41.6 Å². The first-order chi connectivity index (χ1) is 9.95. The van der Waals surface area contributed by atoms with Crippen molar-refractivity contribution in [1.82, 2.24) is 9.78 Å². The minimum Gasteiger partial charge on any atom is -0.481 e. The van der Waals surface area contributed by atoms with E-state index in [1.165, 1.54) is 11.8 Å². The Labute approximate surface area is 129 Å². The number of carboxylic acid groups (broad SMARTS) is 1. The summed E-state index contributed by atoms with van der Waals surface area (Å²) >= 11 is 1.30. The van der Waals surface area contributed by atoms with Crippen molar-refractivity contribution < 1.29 is 9.90 Å². The van der Waals surface area contributed by atoms with Crippen molar-refractivity contribution >= 4 is 17.7 Å². The molecule has 1 aromatic heterocycles. The summed E-state index contributed by atoms with van der Waals surface area (Å²) < 4.78 is 1.85. The molecule has 0 unspecified atom stereocenters. The second kappa shape index (κ2) is 6.80. The van der Waals surface area contributed by atoms with E-state index in [0.717, 1.165) is 28.4 Å². The van der Waals surface area contributed by atoms with E-state index in [-0.39, 0.29) is 5.75 Å². The van der Waals surface area contributed by atoms with E-state index in [1.807, 2.05) is 35.9 Å². The van der Waals surface area contributed by atoms with E-state index < -0.39 is 5.97 Å². The Morgan fingerprint density at radius 2 is 2.14 bits per heavy atom. The number of benzene rings is 1. The van der Waals surface area contributed by atoms with Gasteiger partial charge < -0.3 is 5.11 Å². The van der Waals surface area contributed by atoms with Crippen LogP contribution in [-0.4, -0.2) is 26.6 Å². The van der Waals surface area contributed by atoms with Gasteiger partial charge in [0.15, 0.2) is 0 Å². The second-order valence-electron chi connectivity index (χ2n) is 5.51. The molecule has 2 aromatic rings. The molecule has 0 aliphatic heterocycles. The summed E-state index contributed by atoms with van der Waals surface area (Å²) in [6, 6.07) is 10.1. The lowest BCUT2D eigenvalue weighted by Gasteiger charge is -2.07. The molecule has 0 saturated carbocycles. The maximum Gasteiger partial charge on any atom is 0.313 e. The largest absolute Gasteiger partial charge is 0.481 e.